The maximum absolute atomic E-state index is 13.4. The van der Waals surface area contributed by atoms with Crippen molar-refractivity contribution in [2.45, 2.75) is 78.7 Å². The van der Waals surface area contributed by atoms with Crippen molar-refractivity contribution in [3.63, 3.8) is 0 Å². The number of ether oxygens (including phenoxy) is 2. The molecule has 2 heterocycles. The van der Waals surface area contributed by atoms with Crippen molar-refractivity contribution in [3.8, 4) is 5.75 Å². The Balaban J connectivity index is 2.46. The number of fused-ring (bicyclic) bond motifs is 10. The SMILES string of the molecule is CC(C)C[C@@H]1NC(=O)[C@@H](NC(=O)OC(C)(C)C)[C@H](C(C)C)Oc2ccc(cc2)/C=C\NC1=O. The molecule has 2 aliphatic rings. The summed E-state index contributed by atoms with van der Waals surface area (Å²) in [5, 5.41) is 8.23. The predicted molar refractivity (Wildman–Crippen MR) is 127 cm³/mol. The van der Waals surface area contributed by atoms with Gasteiger partial charge in [0.15, 0.2) is 0 Å². The Hall–Kier alpha value is -3.03. The van der Waals surface area contributed by atoms with Crippen LogP contribution in [0.2, 0.25) is 0 Å². The Kier molecular flexibility index (Phi) is 8.91. The molecule has 0 saturated heterocycles. The third-order valence-electron chi connectivity index (χ3n) is 4.93. The first-order valence-electron chi connectivity index (χ1n) is 11.4. The molecule has 33 heavy (non-hydrogen) atoms. The summed E-state index contributed by atoms with van der Waals surface area (Å²) >= 11 is 0. The molecule has 3 rings (SSSR count). The quantitative estimate of drug-likeness (QED) is 0.638. The highest BCUT2D eigenvalue weighted by Crippen LogP contribution is 2.21. The molecule has 8 nitrogen and oxygen atoms in total. The van der Waals surface area contributed by atoms with Crippen LogP contribution in [0.3, 0.4) is 0 Å². The lowest BCUT2D eigenvalue weighted by Gasteiger charge is -2.32. The van der Waals surface area contributed by atoms with Crippen LogP contribution in [0.25, 0.3) is 6.08 Å². The maximum atomic E-state index is 13.4. The smallest absolute Gasteiger partial charge is 0.408 e. The molecular weight excluding hydrogens is 422 g/mol. The summed E-state index contributed by atoms with van der Waals surface area (Å²) in [6.45, 7) is 13.0. The minimum absolute atomic E-state index is 0.138. The number of nitrogens with one attached hydrogen (secondary N) is 3. The second kappa shape index (κ2) is 11.2. The van der Waals surface area contributed by atoms with E-state index < -0.39 is 35.8 Å². The van der Waals surface area contributed by atoms with Gasteiger partial charge in [0.1, 0.15) is 29.5 Å². The molecule has 3 amide bonds. The highest BCUT2D eigenvalue weighted by atomic mass is 16.6. The predicted octanol–water partition coefficient (Wildman–Crippen LogP) is 3.61. The van der Waals surface area contributed by atoms with Crippen molar-refractivity contribution in [2.24, 2.45) is 11.8 Å². The van der Waals surface area contributed by atoms with Gasteiger partial charge in [-0.05, 0) is 62.8 Å². The van der Waals surface area contributed by atoms with Crippen LogP contribution in [0.5, 0.6) is 5.75 Å². The fourth-order valence-electron chi connectivity index (χ4n) is 3.42. The van der Waals surface area contributed by atoms with Crippen LogP contribution < -0.4 is 20.7 Å². The van der Waals surface area contributed by atoms with Gasteiger partial charge in [-0.25, -0.2) is 4.79 Å². The van der Waals surface area contributed by atoms with E-state index in [4.69, 9.17) is 9.47 Å². The summed E-state index contributed by atoms with van der Waals surface area (Å²) in [7, 11) is 0. The second-order valence-corrected chi connectivity index (χ2v) is 10.1. The van der Waals surface area contributed by atoms with E-state index >= 15 is 0 Å². The zero-order chi connectivity index (χ0) is 24.8. The van der Waals surface area contributed by atoms with E-state index in [9.17, 15) is 14.4 Å². The number of amides is 3. The minimum Gasteiger partial charge on any atom is -0.487 e. The summed E-state index contributed by atoms with van der Waals surface area (Å²) in [4.78, 5) is 38.9. The van der Waals surface area contributed by atoms with Crippen LogP contribution in [-0.4, -0.2) is 41.7 Å². The first-order chi connectivity index (χ1) is 15.4. The Labute approximate surface area is 196 Å². The fraction of sp³-hybridized carbons (Fsp3) is 0.560. The third kappa shape index (κ3) is 8.44. The van der Waals surface area contributed by atoms with Gasteiger partial charge in [0.2, 0.25) is 11.8 Å². The van der Waals surface area contributed by atoms with Crippen LogP contribution in [0.15, 0.2) is 30.5 Å². The molecule has 0 radical (unpaired) electrons. The topological polar surface area (TPSA) is 106 Å². The summed E-state index contributed by atoms with van der Waals surface area (Å²) < 4.78 is 11.6. The van der Waals surface area contributed by atoms with Crippen molar-refractivity contribution in [1.29, 1.82) is 0 Å². The molecule has 0 aromatic heterocycles. The average molecular weight is 460 g/mol. The van der Waals surface area contributed by atoms with Gasteiger partial charge in [0.25, 0.3) is 0 Å². The van der Waals surface area contributed by atoms with Gasteiger partial charge < -0.3 is 25.4 Å². The molecule has 0 spiro atoms. The van der Waals surface area contributed by atoms with Crippen LogP contribution in [-0.2, 0) is 14.3 Å². The zero-order valence-corrected chi connectivity index (χ0v) is 20.6. The van der Waals surface area contributed by atoms with E-state index in [0.717, 1.165) is 5.56 Å². The third-order valence-corrected chi connectivity index (χ3v) is 4.93. The molecule has 2 bridgehead atoms. The highest BCUT2D eigenvalue weighted by molar-refractivity contribution is 5.92. The van der Waals surface area contributed by atoms with E-state index in [1.807, 2.05) is 39.8 Å². The summed E-state index contributed by atoms with van der Waals surface area (Å²) in [6, 6.07) is 5.41. The van der Waals surface area contributed by atoms with Crippen LogP contribution in [0.1, 0.15) is 60.5 Å². The van der Waals surface area contributed by atoms with E-state index in [2.05, 4.69) is 16.0 Å². The first kappa shape index (κ1) is 26.2. The lowest BCUT2D eigenvalue weighted by molar-refractivity contribution is -0.131. The molecule has 1 aromatic carbocycles. The lowest BCUT2D eigenvalue weighted by Crippen LogP contribution is -2.60. The molecule has 2 aliphatic heterocycles. The summed E-state index contributed by atoms with van der Waals surface area (Å²) in [6.07, 6.45) is 2.32. The monoisotopic (exact) mass is 459 g/mol. The fourth-order valence-corrected chi connectivity index (χ4v) is 3.42. The van der Waals surface area contributed by atoms with Crippen molar-refractivity contribution in [1.82, 2.24) is 16.0 Å². The Bertz CT molecular complexity index is 856. The molecule has 3 N–H and O–H groups in total. The second-order valence-electron chi connectivity index (χ2n) is 10.1. The summed E-state index contributed by atoms with van der Waals surface area (Å²) in [5.41, 5.74) is 0.145. The molecule has 0 fully saturated rings. The van der Waals surface area contributed by atoms with Gasteiger partial charge >= 0.3 is 6.09 Å². The average Bonchev–Trinajstić information content (AvgIpc) is 2.68. The summed E-state index contributed by atoms with van der Waals surface area (Å²) in [5.74, 6) is -0.266. The lowest BCUT2D eigenvalue weighted by atomic mass is 9.97. The normalized spacial score (nSPS) is 22.8. The van der Waals surface area contributed by atoms with Crippen molar-refractivity contribution < 1.29 is 23.9 Å². The molecule has 8 heteroatoms. The Morgan fingerprint density at radius 2 is 1.73 bits per heavy atom. The molecule has 0 saturated carbocycles. The highest BCUT2D eigenvalue weighted by Gasteiger charge is 2.37. The number of carbonyl (C=O) groups is 3. The minimum atomic E-state index is -1.08. The van der Waals surface area contributed by atoms with Crippen molar-refractivity contribution >= 4 is 24.0 Å². The van der Waals surface area contributed by atoms with Crippen molar-refractivity contribution in [3.05, 3.63) is 36.0 Å². The maximum Gasteiger partial charge on any atom is 0.408 e. The van der Waals surface area contributed by atoms with Gasteiger partial charge in [-0.2, -0.15) is 0 Å². The van der Waals surface area contributed by atoms with Crippen LogP contribution in [0, 0.1) is 11.8 Å². The Morgan fingerprint density at radius 3 is 2.27 bits per heavy atom. The van der Waals surface area contributed by atoms with Crippen molar-refractivity contribution in [2.75, 3.05) is 0 Å². The van der Waals surface area contributed by atoms with Crippen LogP contribution in [0.4, 0.5) is 4.79 Å². The molecule has 0 aliphatic carbocycles. The van der Waals surface area contributed by atoms with E-state index in [1.165, 1.54) is 0 Å². The van der Waals surface area contributed by atoms with Gasteiger partial charge in [-0.1, -0.05) is 39.8 Å². The largest absolute Gasteiger partial charge is 0.487 e. The zero-order valence-electron chi connectivity index (χ0n) is 20.6. The number of carbonyl (C=O) groups excluding carboxylic acids is 3. The number of rotatable bonds is 4. The molecule has 182 valence electrons. The van der Waals surface area contributed by atoms with Gasteiger partial charge in [-0.3, -0.25) is 9.59 Å². The molecule has 3 atom stereocenters. The first-order valence-corrected chi connectivity index (χ1v) is 11.4. The van der Waals surface area contributed by atoms with Gasteiger partial charge in [0.05, 0.1) is 0 Å². The molecule has 0 unspecified atom stereocenters. The number of hydrogen-bond donors (Lipinski definition) is 3. The standard InChI is InChI=1S/C25H37N3O5/c1-15(2)14-19-22(29)26-13-12-17-8-10-18(11-9-17)32-21(16(3)4)20(23(30)27-19)28-24(31)33-25(5,6)7/h8-13,15-16,19-21H,14H2,1-7H3,(H,26,29)(H,27,30)(H,28,31)/b13-12-/t19-,20-,21-/m0/s1. The molecular formula is C25H37N3O5. The number of benzene rings is 1. The van der Waals surface area contributed by atoms with E-state index in [0.29, 0.717) is 12.2 Å². The van der Waals surface area contributed by atoms with Gasteiger partial charge in [-0.15, -0.1) is 0 Å². The molecule has 1 aromatic rings. The van der Waals surface area contributed by atoms with Crippen LogP contribution >= 0.6 is 0 Å². The van der Waals surface area contributed by atoms with Gasteiger partial charge in [0, 0.05) is 6.20 Å². The van der Waals surface area contributed by atoms with E-state index in [1.54, 1.807) is 45.2 Å². The number of alkyl carbamates (subject to hydrolysis) is 1. The Morgan fingerprint density at radius 1 is 1.09 bits per heavy atom. The van der Waals surface area contributed by atoms with E-state index in [-0.39, 0.29) is 17.7 Å². The number of hydrogen-bond acceptors (Lipinski definition) is 5.